The maximum atomic E-state index is 11.9. The molecule has 1 saturated heterocycles. The van der Waals surface area contributed by atoms with Gasteiger partial charge in [0, 0.05) is 24.5 Å². The fourth-order valence-corrected chi connectivity index (χ4v) is 3.12. The molecule has 0 spiro atoms. The van der Waals surface area contributed by atoms with Gasteiger partial charge in [-0.2, -0.15) is 0 Å². The van der Waals surface area contributed by atoms with Gasteiger partial charge < -0.3 is 15.0 Å². The Labute approximate surface area is 143 Å². The maximum Gasteiger partial charge on any atom is 0.309 e. The van der Waals surface area contributed by atoms with Crippen LogP contribution in [0.3, 0.4) is 0 Å². The zero-order chi connectivity index (χ0) is 16.9. The van der Waals surface area contributed by atoms with Crippen molar-refractivity contribution in [1.82, 2.24) is 0 Å². The highest BCUT2D eigenvalue weighted by atomic mass is 16.5. The maximum absolute atomic E-state index is 11.9. The summed E-state index contributed by atoms with van der Waals surface area (Å²) in [6.45, 7) is 4.27. The van der Waals surface area contributed by atoms with E-state index in [-0.39, 0.29) is 24.4 Å². The zero-order valence-electron chi connectivity index (χ0n) is 14.3. The van der Waals surface area contributed by atoms with E-state index < -0.39 is 0 Å². The van der Waals surface area contributed by atoms with Crippen molar-refractivity contribution in [1.29, 1.82) is 0 Å². The van der Waals surface area contributed by atoms with E-state index in [0.717, 1.165) is 44.0 Å². The topological polar surface area (TPSA) is 58.6 Å². The number of piperidine rings is 1. The highest BCUT2D eigenvalue weighted by Crippen LogP contribution is 2.27. The first kappa shape index (κ1) is 16.8. The van der Waals surface area contributed by atoms with Crippen LogP contribution in [0.1, 0.15) is 39.0 Å². The molecule has 24 heavy (non-hydrogen) atoms. The van der Waals surface area contributed by atoms with Crippen molar-refractivity contribution in [3.8, 4) is 0 Å². The summed E-state index contributed by atoms with van der Waals surface area (Å²) < 4.78 is 5.05. The molecule has 1 N–H and O–H groups in total. The Balaban J connectivity index is 1.45. The first-order chi connectivity index (χ1) is 11.6. The third-order valence-corrected chi connectivity index (χ3v) is 5.08. The molecule has 1 aliphatic heterocycles. The normalized spacial score (nSPS) is 18.8. The lowest BCUT2D eigenvalue weighted by molar-refractivity contribution is -0.154. The predicted octanol–water partition coefficient (Wildman–Crippen LogP) is 3.20. The molecule has 1 aliphatic carbocycles. The molecule has 3 rings (SSSR count). The highest BCUT2D eigenvalue weighted by molar-refractivity contribution is 5.93. The third kappa shape index (κ3) is 4.28. The van der Waals surface area contributed by atoms with Gasteiger partial charge in [0.15, 0.2) is 6.61 Å². The molecule has 1 heterocycles. The van der Waals surface area contributed by atoms with Crippen LogP contribution in [0.15, 0.2) is 24.3 Å². The van der Waals surface area contributed by atoms with E-state index in [9.17, 15) is 9.59 Å². The van der Waals surface area contributed by atoms with Crippen LogP contribution in [0, 0.1) is 11.8 Å². The number of hydrogen-bond acceptors (Lipinski definition) is 4. The Morgan fingerprint density at radius 2 is 1.79 bits per heavy atom. The van der Waals surface area contributed by atoms with Gasteiger partial charge in [0.05, 0.1) is 5.92 Å². The Morgan fingerprint density at radius 1 is 1.12 bits per heavy atom. The average molecular weight is 330 g/mol. The van der Waals surface area contributed by atoms with E-state index in [0.29, 0.717) is 0 Å². The van der Waals surface area contributed by atoms with Crippen molar-refractivity contribution in [2.75, 3.05) is 29.9 Å². The van der Waals surface area contributed by atoms with Crippen molar-refractivity contribution in [2.24, 2.45) is 11.8 Å². The standard InChI is InChI=1S/C19H26N2O3/c1-14-9-11-21(12-10-14)17-7-5-16(6-8-17)20-18(22)13-24-19(23)15-3-2-4-15/h5-8,14-15H,2-4,9-13H2,1H3,(H,20,22). The number of nitrogens with one attached hydrogen (secondary N) is 1. The number of carbonyl (C=O) groups excluding carboxylic acids is 2. The van der Waals surface area contributed by atoms with Gasteiger partial charge >= 0.3 is 5.97 Å². The lowest BCUT2D eigenvalue weighted by Crippen LogP contribution is -2.32. The number of esters is 1. The van der Waals surface area contributed by atoms with Crippen LogP contribution in [0.4, 0.5) is 11.4 Å². The zero-order valence-corrected chi connectivity index (χ0v) is 14.3. The minimum Gasteiger partial charge on any atom is -0.455 e. The largest absolute Gasteiger partial charge is 0.455 e. The number of amides is 1. The quantitative estimate of drug-likeness (QED) is 0.842. The molecular weight excluding hydrogens is 304 g/mol. The van der Waals surface area contributed by atoms with Crippen molar-refractivity contribution >= 4 is 23.3 Å². The molecule has 1 aromatic rings. The summed E-state index contributed by atoms with van der Waals surface area (Å²) in [4.78, 5) is 25.9. The van der Waals surface area contributed by atoms with E-state index in [1.54, 1.807) is 0 Å². The molecule has 0 atom stereocenters. The molecule has 0 aromatic heterocycles. The van der Waals surface area contributed by atoms with E-state index in [2.05, 4.69) is 17.1 Å². The van der Waals surface area contributed by atoms with Crippen molar-refractivity contribution in [2.45, 2.75) is 39.0 Å². The molecule has 1 aromatic carbocycles. The van der Waals surface area contributed by atoms with Crippen molar-refractivity contribution in [3.05, 3.63) is 24.3 Å². The number of ether oxygens (including phenoxy) is 1. The highest BCUT2D eigenvalue weighted by Gasteiger charge is 2.27. The summed E-state index contributed by atoms with van der Waals surface area (Å²) in [6.07, 6.45) is 5.30. The van der Waals surface area contributed by atoms with Crippen LogP contribution < -0.4 is 10.2 Å². The SMILES string of the molecule is CC1CCN(c2ccc(NC(=O)COC(=O)C3CCC3)cc2)CC1. The number of hydrogen-bond donors (Lipinski definition) is 1. The molecule has 0 radical (unpaired) electrons. The second kappa shape index (κ2) is 7.69. The number of anilines is 2. The molecule has 5 nitrogen and oxygen atoms in total. The first-order valence-electron chi connectivity index (χ1n) is 8.93. The smallest absolute Gasteiger partial charge is 0.309 e. The third-order valence-electron chi connectivity index (χ3n) is 5.08. The van der Waals surface area contributed by atoms with Gasteiger partial charge in [-0.05, 0) is 55.9 Å². The van der Waals surface area contributed by atoms with E-state index >= 15 is 0 Å². The van der Waals surface area contributed by atoms with E-state index in [1.807, 2.05) is 24.3 Å². The molecule has 0 unspecified atom stereocenters. The molecule has 130 valence electrons. The van der Waals surface area contributed by atoms with Crippen molar-refractivity contribution in [3.63, 3.8) is 0 Å². The van der Waals surface area contributed by atoms with Gasteiger partial charge in [0.2, 0.25) is 0 Å². The number of benzene rings is 1. The summed E-state index contributed by atoms with van der Waals surface area (Å²) in [5.41, 5.74) is 1.92. The summed E-state index contributed by atoms with van der Waals surface area (Å²) in [6, 6.07) is 7.87. The molecule has 0 bridgehead atoms. The van der Waals surface area contributed by atoms with E-state index in [4.69, 9.17) is 4.74 Å². The molecule has 1 amide bonds. The monoisotopic (exact) mass is 330 g/mol. The molecule has 2 fully saturated rings. The lowest BCUT2D eigenvalue weighted by Gasteiger charge is -2.32. The Morgan fingerprint density at radius 3 is 2.38 bits per heavy atom. The summed E-state index contributed by atoms with van der Waals surface area (Å²) in [5.74, 6) is 0.278. The minimum absolute atomic E-state index is 0.00402. The average Bonchev–Trinajstić information content (AvgIpc) is 2.53. The van der Waals surface area contributed by atoms with E-state index in [1.165, 1.54) is 18.5 Å². The van der Waals surface area contributed by atoms with Crippen molar-refractivity contribution < 1.29 is 14.3 Å². The molecular formula is C19H26N2O3. The van der Waals surface area contributed by atoms with Gasteiger partial charge in [-0.15, -0.1) is 0 Å². The van der Waals surface area contributed by atoms with Gasteiger partial charge in [0.25, 0.3) is 5.91 Å². The number of nitrogens with zero attached hydrogens (tertiary/aromatic N) is 1. The van der Waals surface area contributed by atoms with Gasteiger partial charge in [-0.3, -0.25) is 9.59 Å². The van der Waals surface area contributed by atoms with Crippen LogP contribution in [-0.2, 0) is 14.3 Å². The second-order valence-electron chi connectivity index (χ2n) is 7.00. The number of carbonyl (C=O) groups is 2. The van der Waals surface area contributed by atoms with Crippen LogP contribution >= 0.6 is 0 Å². The summed E-state index contributed by atoms with van der Waals surface area (Å²) >= 11 is 0. The van der Waals surface area contributed by atoms with Crippen LogP contribution in [0.5, 0.6) is 0 Å². The Hall–Kier alpha value is -2.04. The first-order valence-corrected chi connectivity index (χ1v) is 8.93. The molecule has 2 aliphatic rings. The summed E-state index contributed by atoms with van der Waals surface area (Å²) in [7, 11) is 0. The van der Waals surface area contributed by atoms with Crippen LogP contribution in [0.2, 0.25) is 0 Å². The van der Waals surface area contributed by atoms with Crippen LogP contribution in [-0.4, -0.2) is 31.6 Å². The second-order valence-corrected chi connectivity index (χ2v) is 7.00. The molecule has 1 saturated carbocycles. The van der Waals surface area contributed by atoms with Crippen LogP contribution in [0.25, 0.3) is 0 Å². The number of rotatable bonds is 5. The van der Waals surface area contributed by atoms with Gasteiger partial charge in [0.1, 0.15) is 0 Å². The summed E-state index contributed by atoms with van der Waals surface area (Å²) in [5, 5.41) is 2.77. The molecule has 5 heteroatoms. The predicted molar refractivity (Wildman–Crippen MR) is 94.0 cm³/mol. The fourth-order valence-electron chi connectivity index (χ4n) is 3.12. The minimum atomic E-state index is -0.290. The fraction of sp³-hybridized carbons (Fsp3) is 0.579. The Kier molecular flexibility index (Phi) is 5.38. The van der Waals surface area contributed by atoms with Gasteiger partial charge in [-0.25, -0.2) is 0 Å². The van der Waals surface area contributed by atoms with Gasteiger partial charge in [-0.1, -0.05) is 13.3 Å². The lowest BCUT2D eigenvalue weighted by atomic mass is 9.86. The Bertz CT molecular complexity index is 573.